The molecule has 2 unspecified atom stereocenters. The molecule has 3 nitrogen and oxygen atoms in total. The van der Waals surface area contributed by atoms with Gasteiger partial charge in [-0.1, -0.05) is 31.0 Å². The van der Waals surface area contributed by atoms with E-state index in [4.69, 9.17) is 0 Å². The Kier molecular flexibility index (Phi) is 3.56. The average molecular weight is 259 g/mol. The fourth-order valence-corrected chi connectivity index (χ4v) is 3.57. The number of benzene rings is 1. The van der Waals surface area contributed by atoms with Crippen molar-refractivity contribution < 1.29 is 9.90 Å². The zero-order valence-electron chi connectivity index (χ0n) is 11.2. The van der Waals surface area contributed by atoms with E-state index in [0.29, 0.717) is 0 Å². The molecule has 1 aromatic rings. The zero-order valence-corrected chi connectivity index (χ0v) is 11.2. The molecule has 102 valence electrons. The molecule has 0 bridgehead atoms. The third-order valence-corrected chi connectivity index (χ3v) is 4.63. The van der Waals surface area contributed by atoms with Crippen LogP contribution in [0.1, 0.15) is 41.6 Å². The molecule has 1 aromatic carbocycles. The first-order chi connectivity index (χ1) is 9.31. The lowest BCUT2D eigenvalue weighted by atomic mass is 9.82. The number of hydrogen-bond donors (Lipinski definition) is 1. The van der Waals surface area contributed by atoms with Gasteiger partial charge in [0.25, 0.3) is 5.91 Å². The summed E-state index contributed by atoms with van der Waals surface area (Å²) in [5.74, 6) is 0.426. The van der Waals surface area contributed by atoms with Crippen LogP contribution in [0.4, 0.5) is 0 Å². The molecule has 1 N–H and O–H groups in total. The molecule has 1 saturated carbocycles. The monoisotopic (exact) mass is 259 g/mol. The maximum atomic E-state index is 12.6. The van der Waals surface area contributed by atoms with Crippen LogP contribution >= 0.6 is 0 Å². The van der Waals surface area contributed by atoms with Gasteiger partial charge in [-0.3, -0.25) is 4.79 Å². The van der Waals surface area contributed by atoms with E-state index in [2.05, 4.69) is 6.07 Å². The molecule has 1 aliphatic carbocycles. The Balaban J connectivity index is 1.85. The Bertz CT molecular complexity index is 472. The second kappa shape index (κ2) is 5.33. The number of carbonyl (C=O) groups excluding carboxylic acids is 1. The van der Waals surface area contributed by atoms with Gasteiger partial charge in [-0.2, -0.15) is 0 Å². The standard InChI is InChI=1S/C16H21NO2/c18-11-13-6-2-4-8-15(13)17-10-9-12-5-1-3-7-14(12)16(17)19/h1,3,5,7,13,15,18H,2,4,6,8-11H2. The van der Waals surface area contributed by atoms with Crippen LogP contribution < -0.4 is 0 Å². The van der Waals surface area contributed by atoms with Gasteiger partial charge in [0.15, 0.2) is 0 Å². The van der Waals surface area contributed by atoms with Crippen molar-refractivity contribution in [1.82, 2.24) is 4.90 Å². The van der Waals surface area contributed by atoms with E-state index in [-0.39, 0.29) is 24.5 Å². The number of aliphatic hydroxyl groups excluding tert-OH is 1. The Morgan fingerprint density at radius 1 is 1.21 bits per heavy atom. The molecule has 0 aromatic heterocycles. The molecule has 0 saturated heterocycles. The van der Waals surface area contributed by atoms with E-state index in [0.717, 1.165) is 31.4 Å². The molecule has 3 rings (SSSR count). The van der Waals surface area contributed by atoms with Crippen LogP contribution in [0.5, 0.6) is 0 Å². The van der Waals surface area contributed by atoms with Crippen molar-refractivity contribution in [1.29, 1.82) is 0 Å². The zero-order chi connectivity index (χ0) is 13.2. The first-order valence-electron chi connectivity index (χ1n) is 7.31. The second-order valence-corrected chi connectivity index (χ2v) is 5.70. The molecular weight excluding hydrogens is 238 g/mol. The van der Waals surface area contributed by atoms with Gasteiger partial charge in [-0.25, -0.2) is 0 Å². The molecular formula is C16H21NO2. The first-order valence-corrected chi connectivity index (χ1v) is 7.31. The summed E-state index contributed by atoms with van der Waals surface area (Å²) < 4.78 is 0. The van der Waals surface area contributed by atoms with E-state index in [1.165, 1.54) is 18.4 Å². The molecule has 1 aliphatic heterocycles. The minimum absolute atomic E-state index is 0.159. The molecule has 2 atom stereocenters. The summed E-state index contributed by atoms with van der Waals surface area (Å²) in [6, 6.07) is 8.15. The molecule has 0 spiro atoms. The van der Waals surface area contributed by atoms with E-state index in [1.54, 1.807) is 0 Å². The minimum atomic E-state index is 0.159. The van der Waals surface area contributed by atoms with Crippen molar-refractivity contribution in [2.24, 2.45) is 5.92 Å². The van der Waals surface area contributed by atoms with Crippen molar-refractivity contribution in [2.45, 2.75) is 38.1 Å². The lowest BCUT2D eigenvalue weighted by molar-refractivity contribution is 0.0412. The predicted molar refractivity (Wildman–Crippen MR) is 74.0 cm³/mol. The lowest BCUT2D eigenvalue weighted by Gasteiger charge is -2.41. The molecule has 1 fully saturated rings. The summed E-state index contributed by atoms with van der Waals surface area (Å²) in [6.45, 7) is 1.01. The molecule has 3 heteroatoms. The van der Waals surface area contributed by atoms with Gasteiger partial charge in [0.1, 0.15) is 0 Å². The van der Waals surface area contributed by atoms with Crippen molar-refractivity contribution in [3.63, 3.8) is 0 Å². The summed E-state index contributed by atoms with van der Waals surface area (Å²) in [6.07, 6.45) is 5.38. The first kappa shape index (κ1) is 12.7. The normalized spacial score (nSPS) is 27.2. The van der Waals surface area contributed by atoms with Gasteiger partial charge in [-0.05, 0) is 30.9 Å². The van der Waals surface area contributed by atoms with Crippen LogP contribution in [0, 0.1) is 5.92 Å². The summed E-state index contributed by atoms with van der Waals surface area (Å²) in [5, 5.41) is 9.54. The van der Waals surface area contributed by atoms with Gasteiger partial charge in [-0.15, -0.1) is 0 Å². The molecule has 1 heterocycles. The molecule has 2 aliphatic rings. The van der Waals surface area contributed by atoms with Gasteiger partial charge in [0.2, 0.25) is 0 Å². The summed E-state index contributed by atoms with van der Waals surface area (Å²) in [4.78, 5) is 14.6. The number of aliphatic hydroxyl groups is 1. The summed E-state index contributed by atoms with van der Waals surface area (Å²) in [5.41, 5.74) is 2.02. The highest BCUT2D eigenvalue weighted by atomic mass is 16.3. The van der Waals surface area contributed by atoms with Gasteiger partial charge >= 0.3 is 0 Å². The van der Waals surface area contributed by atoms with Crippen LogP contribution in [0.25, 0.3) is 0 Å². The Labute approximate surface area is 114 Å². The van der Waals surface area contributed by atoms with Crippen molar-refractivity contribution >= 4 is 5.91 Å². The van der Waals surface area contributed by atoms with Crippen LogP contribution in [0.3, 0.4) is 0 Å². The summed E-state index contributed by atoms with van der Waals surface area (Å²) in [7, 11) is 0. The highest BCUT2D eigenvalue weighted by Gasteiger charge is 2.35. The highest BCUT2D eigenvalue weighted by Crippen LogP contribution is 2.31. The topological polar surface area (TPSA) is 40.5 Å². The molecule has 19 heavy (non-hydrogen) atoms. The maximum Gasteiger partial charge on any atom is 0.254 e. The Morgan fingerprint density at radius 3 is 2.84 bits per heavy atom. The largest absolute Gasteiger partial charge is 0.396 e. The Hall–Kier alpha value is -1.35. The van der Waals surface area contributed by atoms with Crippen LogP contribution in [-0.4, -0.2) is 35.1 Å². The predicted octanol–water partition coefficient (Wildman–Crippen LogP) is 2.24. The minimum Gasteiger partial charge on any atom is -0.396 e. The van der Waals surface area contributed by atoms with E-state index < -0.39 is 0 Å². The van der Waals surface area contributed by atoms with Gasteiger partial charge in [0, 0.05) is 30.7 Å². The van der Waals surface area contributed by atoms with Gasteiger partial charge < -0.3 is 10.0 Å². The average Bonchev–Trinajstić information content (AvgIpc) is 2.48. The molecule has 0 radical (unpaired) electrons. The van der Waals surface area contributed by atoms with Gasteiger partial charge in [0.05, 0.1) is 0 Å². The van der Waals surface area contributed by atoms with Crippen LogP contribution in [-0.2, 0) is 6.42 Å². The number of hydrogen-bond acceptors (Lipinski definition) is 2. The quantitative estimate of drug-likeness (QED) is 0.885. The van der Waals surface area contributed by atoms with E-state index in [1.807, 2.05) is 23.1 Å². The SMILES string of the molecule is O=C1c2ccccc2CCN1C1CCCCC1CO. The number of amides is 1. The van der Waals surface area contributed by atoms with Crippen LogP contribution in [0.2, 0.25) is 0 Å². The smallest absolute Gasteiger partial charge is 0.254 e. The number of carbonyl (C=O) groups is 1. The van der Waals surface area contributed by atoms with Crippen molar-refractivity contribution in [3.8, 4) is 0 Å². The fraction of sp³-hybridized carbons (Fsp3) is 0.562. The summed E-state index contributed by atoms with van der Waals surface area (Å²) >= 11 is 0. The maximum absolute atomic E-state index is 12.6. The molecule has 1 amide bonds. The number of fused-ring (bicyclic) bond motifs is 1. The van der Waals surface area contributed by atoms with Crippen molar-refractivity contribution in [3.05, 3.63) is 35.4 Å². The highest BCUT2D eigenvalue weighted by molar-refractivity contribution is 5.96. The number of rotatable bonds is 2. The lowest BCUT2D eigenvalue weighted by Crippen LogP contribution is -2.50. The third-order valence-electron chi connectivity index (χ3n) is 4.63. The van der Waals surface area contributed by atoms with Crippen molar-refractivity contribution in [2.75, 3.05) is 13.2 Å². The number of nitrogens with zero attached hydrogens (tertiary/aromatic N) is 1. The van der Waals surface area contributed by atoms with E-state index >= 15 is 0 Å². The fourth-order valence-electron chi connectivity index (χ4n) is 3.57. The van der Waals surface area contributed by atoms with E-state index in [9.17, 15) is 9.90 Å². The second-order valence-electron chi connectivity index (χ2n) is 5.70. The Morgan fingerprint density at radius 2 is 2.00 bits per heavy atom. The third kappa shape index (κ3) is 2.27. The van der Waals surface area contributed by atoms with Crippen LogP contribution in [0.15, 0.2) is 24.3 Å².